The maximum Gasteiger partial charge on any atom is 0.410 e. The molecular weight excluding hydrogens is 624 g/mol. The Morgan fingerprint density at radius 2 is 1.69 bits per heavy atom. The van der Waals surface area contributed by atoms with Crippen LogP contribution in [0, 0.1) is 5.92 Å². The summed E-state index contributed by atoms with van der Waals surface area (Å²) in [7, 11) is 5.03. The van der Waals surface area contributed by atoms with Gasteiger partial charge in [-0.25, -0.2) is 9.59 Å². The van der Waals surface area contributed by atoms with Gasteiger partial charge in [-0.2, -0.15) is 0 Å². The molecule has 11 heteroatoms. The topological polar surface area (TPSA) is 101 Å². The van der Waals surface area contributed by atoms with Crippen molar-refractivity contribution in [1.82, 2.24) is 14.7 Å². The first-order chi connectivity index (χ1) is 23.4. The van der Waals surface area contributed by atoms with E-state index in [0.29, 0.717) is 56.5 Å². The van der Waals surface area contributed by atoms with Crippen LogP contribution in [0.25, 0.3) is 0 Å². The van der Waals surface area contributed by atoms with Crippen molar-refractivity contribution in [3.05, 3.63) is 47.5 Å². The number of likely N-dealkylation sites (tertiary alicyclic amines) is 1. The number of methoxy groups -OCH3 is 2. The molecule has 2 aromatic carbocycles. The molecule has 3 fully saturated rings. The van der Waals surface area contributed by atoms with E-state index in [1.54, 1.807) is 36.0 Å². The van der Waals surface area contributed by atoms with E-state index in [2.05, 4.69) is 6.92 Å². The normalized spacial score (nSPS) is 19.6. The number of carbonyl (C=O) groups excluding carboxylic acids is 3. The number of benzene rings is 2. The van der Waals surface area contributed by atoms with Crippen molar-refractivity contribution in [1.29, 1.82) is 0 Å². The summed E-state index contributed by atoms with van der Waals surface area (Å²) in [5, 5.41) is 0. The highest BCUT2D eigenvalue weighted by Gasteiger charge is 2.35. The van der Waals surface area contributed by atoms with Crippen molar-refractivity contribution in [2.75, 3.05) is 52.4 Å². The summed E-state index contributed by atoms with van der Waals surface area (Å²) in [6, 6.07) is 11.3. The highest BCUT2D eigenvalue weighted by atomic mass is 16.6. The van der Waals surface area contributed by atoms with Crippen molar-refractivity contribution >= 4 is 23.7 Å². The molecule has 0 bridgehead atoms. The molecule has 5 rings (SSSR count). The van der Waals surface area contributed by atoms with Gasteiger partial charge in [-0.15, -0.1) is 0 Å². The molecule has 4 amide bonds. The van der Waals surface area contributed by atoms with Crippen molar-refractivity contribution in [3.8, 4) is 17.2 Å². The summed E-state index contributed by atoms with van der Waals surface area (Å²) >= 11 is 0. The number of rotatable bonds is 13. The van der Waals surface area contributed by atoms with Gasteiger partial charge in [-0.1, -0.05) is 25.0 Å². The van der Waals surface area contributed by atoms with Crippen LogP contribution in [0.2, 0.25) is 0 Å². The van der Waals surface area contributed by atoms with E-state index >= 15 is 0 Å². The molecule has 0 aromatic heterocycles. The number of amides is 4. The highest BCUT2D eigenvalue weighted by molar-refractivity contribution is 5.93. The summed E-state index contributed by atoms with van der Waals surface area (Å²) in [5.74, 6) is 2.77. The zero-order valence-corrected chi connectivity index (χ0v) is 30.3. The van der Waals surface area contributed by atoms with Gasteiger partial charge < -0.3 is 33.6 Å². The fraction of sp³-hybridized carbons (Fsp3) is 0.605. The molecule has 11 nitrogen and oxygen atoms in total. The molecule has 0 radical (unpaired) electrons. The maximum absolute atomic E-state index is 14.0. The predicted molar refractivity (Wildman–Crippen MR) is 188 cm³/mol. The number of anilines is 1. The zero-order valence-electron chi connectivity index (χ0n) is 30.3. The lowest BCUT2D eigenvalue weighted by Gasteiger charge is -2.40. The molecule has 49 heavy (non-hydrogen) atoms. The summed E-state index contributed by atoms with van der Waals surface area (Å²) in [5.41, 5.74) is 1.90. The summed E-state index contributed by atoms with van der Waals surface area (Å²) < 4.78 is 23.0. The van der Waals surface area contributed by atoms with Gasteiger partial charge in [0.2, 0.25) is 5.91 Å². The molecule has 2 saturated heterocycles. The molecule has 268 valence electrons. The smallest absolute Gasteiger partial charge is 0.410 e. The monoisotopic (exact) mass is 678 g/mol. The van der Waals surface area contributed by atoms with Crippen molar-refractivity contribution in [2.45, 2.75) is 96.9 Å². The Balaban J connectivity index is 1.21. The van der Waals surface area contributed by atoms with Crippen LogP contribution in [0.4, 0.5) is 15.3 Å². The maximum atomic E-state index is 14.0. The minimum atomic E-state index is -0.565. The van der Waals surface area contributed by atoms with E-state index in [0.717, 1.165) is 35.6 Å². The van der Waals surface area contributed by atoms with E-state index in [4.69, 9.17) is 18.9 Å². The molecule has 3 aliphatic rings. The van der Waals surface area contributed by atoms with Crippen LogP contribution >= 0.6 is 0 Å². The Bertz CT molecular complexity index is 1490. The molecule has 0 N–H and O–H groups in total. The minimum absolute atomic E-state index is 0.0337. The van der Waals surface area contributed by atoms with Gasteiger partial charge in [-0.05, 0) is 83.1 Å². The van der Waals surface area contributed by atoms with Crippen molar-refractivity contribution in [3.63, 3.8) is 0 Å². The Kier molecular flexibility index (Phi) is 11.5. The Labute approximate surface area is 291 Å². The standard InChI is InChI=1S/C38H54N4O7/c1-26-16-19-41(30-14-15-32(46-6)34(23-30)48-20-8-9-27-10-11-27)36(44)42(26)24-29-13-12-28(21-33(29)47-7)22-35(43)39(5)31-17-18-40(25-31)37(45)49-38(2,3)4/h12-15,21,23,26-27,31H,8-11,16-20,22,24-25H2,1-7H3/t26-,31-/m0/s1. The van der Waals surface area contributed by atoms with Gasteiger partial charge in [-0.3, -0.25) is 9.69 Å². The number of hydrogen-bond acceptors (Lipinski definition) is 7. The molecule has 2 atom stereocenters. The fourth-order valence-electron chi connectivity index (χ4n) is 6.55. The van der Waals surface area contributed by atoms with E-state index in [1.165, 1.54) is 19.3 Å². The van der Waals surface area contributed by atoms with Gasteiger partial charge in [0, 0.05) is 50.0 Å². The first-order valence-electron chi connectivity index (χ1n) is 17.6. The highest BCUT2D eigenvalue weighted by Crippen LogP contribution is 2.36. The van der Waals surface area contributed by atoms with Crippen molar-refractivity contribution in [2.24, 2.45) is 5.92 Å². The predicted octanol–water partition coefficient (Wildman–Crippen LogP) is 6.50. The Hall–Kier alpha value is -4.15. The van der Waals surface area contributed by atoms with Gasteiger partial charge in [0.1, 0.15) is 11.4 Å². The van der Waals surface area contributed by atoms with Crippen LogP contribution in [0.3, 0.4) is 0 Å². The lowest BCUT2D eigenvalue weighted by molar-refractivity contribution is -0.131. The summed E-state index contributed by atoms with van der Waals surface area (Å²) in [6.45, 7) is 10.2. The van der Waals surface area contributed by atoms with Crippen LogP contribution in [0.15, 0.2) is 36.4 Å². The van der Waals surface area contributed by atoms with Crippen LogP contribution in [0.5, 0.6) is 17.2 Å². The fourth-order valence-corrected chi connectivity index (χ4v) is 6.55. The van der Waals surface area contributed by atoms with Gasteiger partial charge in [0.25, 0.3) is 0 Å². The summed E-state index contributed by atoms with van der Waals surface area (Å²) in [6.07, 6.45) is 6.22. The van der Waals surface area contributed by atoms with Crippen molar-refractivity contribution < 1.29 is 33.3 Å². The molecule has 2 aliphatic heterocycles. The molecule has 2 heterocycles. The van der Waals surface area contributed by atoms with Gasteiger partial charge >= 0.3 is 12.1 Å². The van der Waals surface area contributed by atoms with Crippen LogP contribution in [-0.4, -0.2) is 97.9 Å². The van der Waals surface area contributed by atoms with Crippen LogP contribution in [-0.2, 0) is 22.5 Å². The first kappa shape index (κ1) is 36.1. The minimum Gasteiger partial charge on any atom is -0.496 e. The second-order valence-electron chi connectivity index (χ2n) is 14.7. The van der Waals surface area contributed by atoms with Crippen LogP contribution < -0.4 is 19.1 Å². The number of ether oxygens (including phenoxy) is 4. The lowest BCUT2D eigenvalue weighted by atomic mass is 10.0. The number of hydrogen-bond donors (Lipinski definition) is 0. The Morgan fingerprint density at radius 3 is 2.39 bits per heavy atom. The zero-order chi connectivity index (χ0) is 35.3. The second kappa shape index (κ2) is 15.6. The number of nitrogens with zero attached hydrogens (tertiary/aromatic N) is 4. The number of carbonyl (C=O) groups is 3. The average Bonchev–Trinajstić information content (AvgIpc) is 3.76. The molecule has 0 unspecified atom stereocenters. The second-order valence-corrected chi connectivity index (χ2v) is 14.7. The first-order valence-corrected chi connectivity index (χ1v) is 17.6. The molecule has 2 aromatic rings. The van der Waals surface area contributed by atoms with E-state index in [-0.39, 0.29) is 36.5 Å². The summed E-state index contributed by atoms with van der Waals surface area (Å²) in [4.78, 5) is 46.8. The van der Waals surface area contributed by atoms with E-state index in [1.807, 2.05) is 62.1 Å². The van der Waals surface area contributed by atoms with E-state index < -0.39 is 5.60 Å². The van der Waals surface area contributed by atoms with Crippen LogP contribution in [0.1, 0.15) is 77.3 Å². The number of likely N-dealkylation sites (N-methyl/N-ethyl adjacent to an activating group) is 1. The Morgan fingerprint density at radius 1 is 0.939 bits per heavy atom. The van der Waals surface area contributed by atoms with E-state index in [9.17, 15) is 14.4 Å². The quantitative estimate of drug-likeness (QED) is 0.223. The largest absolute Gasteiger partial charge is 0.496 e. The number of urea groups is 1. The molecular formula is C38H54N4O7. The third kappa shape index (κ3) is 9.30. The third-order valence-corrected chi connectivity index (χ3v) is 9.75. The molecule has 1 aliphatic carbocycles. The van der Waals surface area contributed by atoms with Gasteiger partial charge in [0.05, 0.1) is 39.8 Å². The lowest BCUT2D eigenvalue weighted by Crippen LogP contribution is -2.53. The SMILES string of the molecule is COc1cc(CC(=O)N(C)[C@H]2CCN(C(=O)OC(C)(C)C)C2)ccc1CN1C(=O)N(c2ccc(OC)c(OCCCC3CC3)c2)CC[C@@H]1C. The van der Waals surface area contributed by atoms with Gasteiger partial charge in [0.15, 0.2) is 11.5 Å². The molecule has 0 spiro atoms. The molecule has 1 saturated carbocycles. The average molecular weight is 679 g/mol. The third-order valence-electron chi connectivity index (χ3n) is 9.75.